The molecule has 0 saturated heterocycles. The molecule has 0 radical (unpaired) electrons. The minimum atomic E-state index is -0.427. The third-order valence-electron chi connectivity index (χ3n) is 3.81. The standard InChI is InChI=1S/C17H18N4O/c1-11-2-8-14(9-3-11)21-15(10-16(18)20-21)12-4-6-13(7-5-12)17(19)22/h2-9,15H,10H2,1H3,(H2,18,20)(H2,19,22). The van der Waals surface area contributed by atoms with E-state index in [0.29, 0.717) is 17.8 Å². The Morgan fingerprint density at radius 3 is 2.36 bits per heavy atom. The quantitative estimate of drug-likeness (QED) is 0.911. The second-order valence-electron chi connectivity index (χ2n) is 5.48. The van der Waals surface area contributed by atoms with Crippen molar-refractivity contribution in [3.05, 3.63) is 65.2 Å². The minimum Gasteiger partial charge on any atom is -0.386 e. The maximum absolute atomic E-state index is 11.2. The molecule has 1 heterocycles. The molecule has 1 aliphatic heterocycles. The van der Waals surface area contributed by atoms with Crippen molar-refractivity contribution in [1.82, 2.24) is 0 Å². The van der Waals surface area contributed by atoms with E-state index in [-0.39, 0.29) is 6.04 Å². The molecule has 2 aromatic rings. The molecule has 1 unspecified atom stereocenters. The number of hydrogen-bond acceptors (Lipinski definition) is 4. The van der Waals surface area contributed by atoms with Gasteiger partial charge in [-0.2, -0.15) is 5.10 Å². The largest absolute Gasteiger partial charge is 0.386 e. The maximum atomic E-state index is 11.2. The average molecular weight is 294 g/mol. The lowest BCUT2D eigenvalue weighted by molar-refractivity contribution is 0.100. The van der Waals surface area contributed by atoms with Gasteiger partial charge in [-0.05, 0) is 36.8 Å². The number of benzene rings is 2. The van der Waals surface area contributed by atoms with E-state index in [1.807, 2.05) is 48.3 Å². The van der Waals surface area contributed by atoms with Gasteiger partial charge in [-0.3, -0.25) is 9.80 Å². The number of hydrogen-bond donors (Lipinski definition) is 2. The van der Waals surface area contributed by atoms with Crippen molar-refractivity contribution in [3.63, 3.8) is 0 Å². The van der Waals surface area contributed by atoms with Gasteiger partial charge in [-0.15, -0.1) is 0 Å². The van der Waals surface area contributed by atoms with Crippen LogP contribution in [0.15, 0.2) is 53.6 Å². The molecule has 1 amide bonds. The van der Waals surface area contributed by atoms with Crippen molar-refractivity contribution in [2.75, 3.05) is 5.01 Å². The predicted octanol–water partition coefficient (Wildman–Crippen LogP) is 2.32. The maximum Gasteiger partial charge on any atom is 0.248 e. The topological polar surface area (TPSA) is 84.7 Å². The van der Waals surface area contributed by atoms with Crippen molar-refractivity contribution >= 4 is 17.4 Å². The number of aryl methyl sites for hydroxylation is 1. The van der Waals surface area contributed by atoms with Gasteiger partial charge in [0.25, 0.3) is 0 Å². The van der Waals surface area contributed by atoms with Crippen LogP contribution in [-0.4, -0.2) is 11.7 Å². The highest BCUT2D eigenvalue weighted by Gasteiger charge is 2.27. The first kappa shape index (κ1) is 14.1. The Kier molecular flexibility index (Phi) is 3.55. The molecule has 112 valence electrons. The lowest BCUT2D eigenvalue weighted by Gasteiger charge is -2.24. The summed E-state index contributed by atoms with van der Waals surface area (Å²) in [6, 6.07) is 15.5. The van der Waals surface area contributed by atoms with E-state index in [1.54, 1.807) is 12.1 Å². The molecule has 3 rings (SSSR count). The van der Waals surface area contributed by atoms with Crippen LogP contribution in [-0.2, 0) is 0 Å². The van der Waals surface area contributed by atoms with Crippen molar-refractivity contribution in [2.45, 2.75) is 19.4 Å². The Hall–Kier alpha value is -2.82. The predicted molar refractivity (Wildman–Crippen MR) is 87.6 cm³/mol. The van der Waals surface area contributed by atoms with Crippen LogP contribution in [0.1, 0.15) is 33.9 Å². The highest BCUT2D eigenvalue weighted by atomic mass is 16.1. The first-order valence-corrected chi connectivity index (χ1v) is 7.13. The molecule has 22 heavy (non-hydrogen) atoms. The smallest absolute Gasteiger partial charge is 0.248 e. The summed E-state index contributed by atoms with van der Waals surface area (Å²) in [5, 5.41) is 6.36. The number of rotatable bonds is 3. The van der Waals surface area contributed by atoms with Gasteiger partial charge in [0, 0.05) is 12.0 Å². The number of nitrogens with two attached hydrogens (primary N) is 2. The fraction of sp³-hybridized carbons (Fsp3) is 0.176. The van der Waals surface area contributed by atoms with Gasteiger partial charge in [0.1, 0.15) is 5.84 Å². The summed E-state index contributed by atoms with van der Waals surface area (Å²) in [6.07, 6.45) is 0.657. The Bertz CT molecular complexity index is 719. The van der Waals surface area contributed by atoms with Crippen LogP contribution >= 0.6 is 0 Å². The Morgan fingerprint density at radius 1 is 1.14 bits per heavy atom. The van der Waals surface area contributed by atoms with Gasteiger partial charge in [0.2, 0.25) is 5.91 Å². The second kappa shape index (κ2) is 5.52. The number of amides is 1. The molecule has 2 aromatic carbocycles. The lowest BCUT2D eigenvalue weighted by atomic mass is 10.0. The summed E-state index contributed by atoms with van der Waals surface area (Å²) in [5.41, 5.74) is 15.0. The minimum absolute atomic E-state index is 0.0321. The van der Waals surface area contributed by atoms with E-state index in [2.05, 4.69) is 5.10 Å². The summed E-state index contributed by atoms with van der Waals surface area (Å²) in [4.78, 5) is 11.2. The van der Waals surface area contributed by atoms with Gasteiger partial charge in [-0.1, -0.05) is 29.8 Å². The summed E-state index contributed by atoms with van der Waals surface area (Å²) in [6.45, 7) is 2.05. The normalized spacial score (nSPS) is 17.4. The molecule has 0 saturated carbocycles. The molecular formula is C17H18N4O. The van der Waals surface area contributed by atoms with Gasteiger partial charge >= 0.3 is 0 Å². The molecule has 0 aromatic heterocycles. The van der Waals surface area contributed by atoms with Crippen LogP contribution in [0.3, 0.4) is 0 Å². The van der Waals surface area contributed by atoms with E-state index in [1.165, 1.54) is 5.56 Å². The van der Waals surface area contributed by atoms with E-state index in [4.69, 9.17) is 11.5 Å². The number of carbonyl (C=O) groups excluding carboxylic acids is 1. The molecule has 1 atom stereocenters. The number of nitrogens with zero attached hydrogens (tertiary/aromatic N) is 2. The van der Waals surface area contributed by atoms with Crippen molar-refractivity contribution in [2.24, 2.45) is 16.6 Å². The second-order valence-corrected chi connectivity index (χ2v) is 5.48. The van der Waals surface area contributed by atoms with Crippen LogP contribution in [0.2, 0.25) is 0 Å². The van der Waals surface area contributed by atoms with E-state index in [9.17, 15) is 4.79 Å². The van der Waals surface area contributed by atoms with Crippen molar-refractivity contribution in [3.8, 4) is 0 Å². The number of hydrazone groups is 1. The third-order valence-corrected chi connectivity index (χ3v) is 3.81. The summed E-state index contributed by atoms with van der Waals surface area (Å²) < 4.78 is 0. The molecule has 1 aliphatic rings. The van der Waals surface area contributed by atoms with E-state index >= 15 is 0 Å². The highest BCUT2D eigenvalue weighted by molar-refractivity contribution is 5.92. The SMILES string of the molecule is Cc1ccc(N2N=C(N)CC2c2ccc(C(N)=O)cc2)cc1. The lowest BCUT2D eigenvalue weighted by Crippen LogP contribution is -2.19. The Balaban J connectivity index is 1.92. The molecule has 5 heteroatoms. The molecule has 0 fully saturated rings. The Labute approximate surface area is 129 Å². The average Bonchev–Trinajstić information content (AvgIpc) is 2.90. The van der Waals surface area contributed by atoms with Crippen LogP contribution in [0.25, 0.3) is 0 Å². The van der Waals surface area contributed by atoms with E-state index < -0.39 is 5.91 Å². The molecular weight excluding hydrogens is 276 g/mol. The summed E-state index contributed by atoms with van der Waals surface area (Å²) in [5.74, 6) is 0.175. The number of primary amides is 1. The summed E-state index contributed by atoms with van der Waals surface area (Å²) >= 11 is 0. The first-order chi connectivity index (χ1) is 10.5. The Morgan fingerprint density at radius 2 is 1.77 bits per heavy atom. The molecule has 0 aliphatic carbocycles. The zero-order valence-corrected chi connectivity index (χ0v) is 12.4. The zero-order chi connectivity index (χ0) is 15.7. The molecule has 0 bridgehead atoms. The zero-order valence-electron chi connectivity index (χ0n) is 12.4. The highest BCUT2D eigenvalue weighted by Crippen LogP contribution is 2.34. The fourth-order valence-corrected chi connectivity index (χ4v) is 2.60. The van der Waals surface area contributed by atoms with Crippen molar-refractivity contribution < 1.29 is 4.79 Å². The van der Waals surface area contributed by atoms with Crippen LogP contribution in [0, 0.1) is 6.92 Å². The van der Waals surface area contributed by atoms with Gasteiger partial charge < -0.3 is 11.5 Å². The van der Waals surface area contributed by atoms with Crippen LogP contribution in [0.4, 0.5) is 5.69 Å². The van der Waals surface area contributed by atoms with E-state index in [0.717, 1.165) is 11.3 Å². The summed E-state index contributed by atoms with van der Waals surface area (Å²) in [7, 11) is 0. The number of carbonyl (C=O) groups is 1. The molecule has 0 spiro atoms. The molecule has 4 N–H and O–H groups in total. The number of anilines is 1. The van der Waals surface area contributed by atoms with Gasteiger partial charge in [-0.25, -0.2) is 0 Å². The molecule has 5 nitrogen and oxygen atoms in total. The fourth-order valence-electron chi connectivity index (χ4n) is 2.60. The van der Waals surface area contributed by atoms with Gasteiger partial charge in [0.05, 0.1) is 11.7 Å². The van der Waals surface area contributed by atoms with Crippen LogP contribution in [0.5, 0.6) is 0 Å². The number of amidine groups is 1. The third kappa shape index (κ3) is 2.65. The van der Waals surface area contributed by atoms with Gasteiger partial charge in [0.15, 0.2) is 0 Å². The van der Waals surface area contributed by atoms with Crippen molar-refractivity contribution in [1.29, 1.82) is 0 Å². The van der Waals surface area contributed by atoms with Crippen LogP contribution < -0.4 is 16.5 Å². The first-order valence-electron chi connectivity index (χ1n) is 7.13. The monoisotopic (exact) mass is 294 g/mol.